The summed E-state index contributed by atoms with van der Waals surface area (Å²) in [5.41, 5.74) is 1.31. The van der Waals surface area contributed by atoms with Gasteiger partial charge in [-0.1, -0.05) is 48.0 Å². The first-order valence-electron chi connectivity index (χ1n) is 12.1. The molecule has 1 atom stereocenters. The molecule has 0 N–H and O–H groups in total. The summed E-state index contributed by atoms with van der Waals surface area (Å²) in [6, 6.07) is 14.8. The highest BCUT2D eigenvalue weighted by molar-refractivity contribution is 7.91. The molecule has 1 fully saturated rings. The van der Waals surface area contributed by atoms with E-state index in [-0.39, 0.29) is 18.1 Å². The van der Waals surface area contributed by atoms with E-state index in [1.807, 2.05) is 35.2 Å². The van der Waals surface area contributed by atoms with E-state index in [4.69, 9.17) is 21.1 Å². The molecule has 3 heterocycles. The molecule has 38 heavy (non-hydrogen) atoms. The number of halogens is 1. The van der Waals surface area contributed by atoms with Crippen LogP contribution in [0.5, 0.6) is 11.5 Å². The lowest BCUT2D eigenvalue weighted by molar-refractivity contribution is 0.390. The topological polar surface area (TPSA) is 112 Å². The summed E-state index contributed by atoms with van der Waals surface area (Å²) in [6.07, 6.45) is 4.24. The largest absolute Gasteiger partial charge is 0.494 e. The zero-order chi connectivity index (χ0) is 26.7. The van der Waals surface area contributed by atoms with Crippen molar-refractivity contribution in [3.8, 4) is 28.6 Å². The molecule has 198 valence electrons. The fourth-order valence-electron chi connectivity index (χ4n) is 4.65. The van der Waals surface area contributed by atoms with Gasteiger partial charge >= 0.3 is 0 Å². The fraction of sp³-hybridized carbons (Fsp3) is 0.308. The summed E-state index contributed by atoms with van der Waals surface area (Å²) >= 11 is 5.92. The number of sulfone groups is 1. The monoisotopic (exact) mass is 554 g/mol. The van der Waals surface area contributed by atoms with Crippen molar-refractivity contribution in [3.63, 3.8) is 0 Å². The van der Waals surface area contributed by atoms with Crippen LogP contribution in [-0.2, 0) is 15.6 Å². The number of rotatable bonds is 8. The van der Waals surface area contributed by atoms with Crippen LogP contribution in [0.25, 0.3) is 17.1 Å². The van der Waals surface area contributed by atoms with Crippen LogP contribution in [0.15, 0.2) is 60.9 Å². The van der Waals surface area contributed by atoms with Crippen molar-refractivity contribution in [2.75, 3.05) is 32.2 Å². The van der Waals surface area contributed by atoms with Gasteiger partial charge in [0, 0.05) is 18.7 Å². The molecule has 5 rings (SSSR count). The SMILES string of the molecule is COc1cccc(OC)c1-n1c(CS(=O)(=O)[C@@H]2CCCN(c3ncc(Cl)cn3)C2)nnc1-c1ccccc1. The molecule has 2 aromatic carbocycles. The van der Waals surface area contributed by atoms with E-state index in [0.717, 1.165) is 5.56 Å². The summed E-state index contributed by atoms with van der Waals surface area (Å²) in [4.78, 5) is 10.4. The molecule has 1 saturated heterocycles. The third kappa shape index (κ3) is 5.16. The van der Waals surface area contributed by atoms with Crippen LogP contribution in [0.2, 0.25) is 5.02 Å². The number of hydrogen-bond donors (Lipinski definition) is 0. The Hall–Kier alpha value is -3.70. The molecule has 0 bridgehead atoms. The smallest absolute Gasteiger partial charge is 0.225 e. The second-order valence-corrected chi connectivity index (χ2v) is 11.6. The van der Waals surface area contributed by atoms with Crippen LogP contribution in [0, 0.1) is 0 Å². The summed E-state index contributed by atoms with van der Waals surface area (Å²) in [5.74, 6) is 1.91. The van der Waals surface area contributed by atoms with Gasteiger partial charge in [-0.3, -0.25) is 4.57 Å². The van der Waals surface area contributed by atoms with E-state index in [0.29, 0.717) is 53.4 Å². The Morgan fingerprint density at radius 3 is 2.32 bits per heavy atom. The minimum atomic E-state index is -3.65. The van der Waals surface area contributed by atoms with Gasteiger partial charge in [-0.15, -0.1) is 10.2 Å². The van der Waals surface area contributed by atoms with Gasteiger partial charge in [0.15, 0.2) is 21.5 Å². The zero-order valence-electron chi connectivity index (χ0n) is 21.0. The van der Waals surface area contributed by atoms with E-state index in [2.05, 4.69) is 20.2 Å². The molecule has 10 nitrogen and oxygen atoms in total. The highest BCUT2D eigenvalue weighted by Crippen LogP contribution is 2.37. The molecule has 0 amide bonds. The van der Waals surface area contributed by atoms with E-state index >= 15 is 0 Å². The van der Waals surface area contributed by atoms with Gasteiger partial charge < -0.3 is 14.4 Å². The standard InChI is InChI=1S/C26H27ClN6O4S/c1-36-21-11-6-12-22(37-2)24(21)33-23(30-31-25(33)18-8-4-3-5-9-18)17-38(34,35)20-10-7-13-32(16-20)26-28-14-19(27)15-29-26/h3-6,8-9,11-12,14-15,20H,7,10,13,16-17H2,1-2H3/t20-/m1/s1. The first-order chi connectivity index (χ1) is 18.4. The van der Waals surface area contributed by atoms with Gasteiger partial charge in [-0.25, -0.2) is 18.4 Å². The number of anilines is 1. The van der Waals surface area contributed by atoms with E-state index < -0.39 is 15.1 Å². The van der Waals surface area contributed by atoms with Crippen molar-refractivity contribution in [3.05, 3.63) is 71.8 Å². The Morgan fingerprint density at radius 2 is 1.66 bits per heavy atom. The lowest BCUT2D eigenvalue weighted by atomic mass is 10.1. The number of aromatic nitrogens is 5. The number of ether oxygens (including phenoxy) is 2. The molecular formula is C26H27ClN6O4S. The number of piperidine rings is 1. The van der Waals surface area contributed by atoms with Gasteiger partial charge in [0.25, 0.3) is 0 Å². The molecule has 0 spiro atoms. The predicted octanol–water partition coefficient (Wildman–Crippen LogP) is 3.98. The molecule has 4 aromatic rings. The van der Waals surface area contributed by atoms with Gasteiger partial charge in [-0.2, -0.15) is 0 Å². The number of hydrogen-bond acceptors (Lipinski definition) is 9. The second-order valence-electron chi connectivity index (χ2n) is 8.87. The second kappa shape index (κ2) is 11.0. The van der Waals surface area contributed by atoms with Gasteiger partial charge in [0.05, 0.1) is 36.9 Å². The predicted molar refractivity (Wildman–Crippen MR) is 145 cm³/mol. The van der Waals surface area contributed by atoms with E-state index in [1.165, 1.54) is 12.4 Å². The van der Waals surface area contributed by atoms with Crippen molar-refractivity contribution >= 4 is 27.4 Å². The molecule has 12 heteroatoms. The number of para-hydroxylation sites is 1. The fourth-order valence-corrected chi connectivity index (χ4v) is 6.46. The quantitative estimate of drug-likeness (QED) is 0.319. The minimum Gasteiger partial charge on any atom is -0.494 e. The molecule has 1 aliphatic rings. The lowest BCUT2D eigenvalue weighted by Crippen LogP contribution is -2.43. The summed E-state index contributed by atoms with van der Waals surface area (Å²) in [7, 11) is -0.548. The molecular weight excluding hydrogens is 528 g/mol. The van der Waals surface area contributed by atoms with Crippen molar-refractivity contribution in [2.45, 2.75) is 23.8 Å². The van der Waals surface area contributed by atoms with Crippen molar-refractivity contribution in [1.29, 1.82) is 0 Å². The Morgan fingerprint density at radius 1 is 0.974 bits per heavy atom. The van der Waals surface area contributed by atoms with E-state index in [1.54, 1.807) is 37.0 Å². The Balaban J connectivity index is 1.54. The number of benzene rings is 2. The molecule has 0 unspecified atom stereocenters. The third-order valence-corrected chi connectivity index (χ3v) is 8.75. The molecule has 0 radical (unpaired) electrons. The van der Waals surface area contributed by atoms with Crippen molar-refractivity contribution in [1.82, 2.24) is 24.7 Å². The van der Waals surface area contributed by atoms with Crippen LogP contribution in [0.3, 0.4) is 0 Å². The van der Waals surface area contributed by atoms with Gasteiger partial charge in [0.2, 0.25) is 5.95 Å². The maximum Gasteiger partial charge on any atom is 0.225 e. The Labute approximate surface area is 226 Å². The molecule has 1 aliphatic heterocycles. The van der Waals surface area contributed by atoms with Crippen LogP contribution >= 0.6 is 11.6 Å². The third-order valence-electron chi connectivity index (χ3n) is 6.49. The highest BCUT2D eigenvalue weighted by Gasteiger charge is 2.34. The minimum absolute atomic E-state index is 0.270. The Kier molecular flexibility index (Phi) is 7.48. The highest BCUT2D eigenvalue weighted by atomic mass is 35.5. The zero-order valence-corrected chi connectivity index (χ0v) is 22.6. The van der Waals surface area contributed by atoms with Crippen LogP contribution in [0.4, 0.5) is 5.95 Å². The molecule has 2 aromatic heterocycles. The van der Waals surface area contributed by atoms with Gasteiger partial charge in [0.1, 0.15) is 22.9 Å². The van der Waals surface area contributed by atoms with E-state index in [9.17, 15) is 8.42 Å². The van der Waals surface area contributed by atoms with Crippen molar-refractivity contribution < 1.29 is 17.9 Å². The summed E-state index contributed by atoms with van der Waals surface area (Å²) in [5, 5.41) is 8.57. The maximum atomic E-state index is 13.8. The lowest BCUT2D eigenvalue weighted by Gasteiger charge is -2.32. The van der Waals surface area contributed by atoms with Gasteiger partial charge in [-0.05, 0) is 25.0 Å². The first kappa shape index (κ1) is 25.9. The maximum absolute atomic E-state index is 13.8. The molecule has 0 saturated carbocycles. The number of nitrogens with zero attached hydrogens (tertiary/aromatic N) is 6. The Bertz CT molecular complexity index is 1490. The summed E-state index contributed by atoms with van der Waals surface area (Å²) in [6.45, 7) is 0.946. The average Bonchev–Trinajstić information content (AvgIpc) is 3.35. The van der Waals surface area contributed by atoms with Crippen LogP contribution < -0.4 is 14.4 Å². The van der Waals surface area contributed by atoms with Crippen molar-refractivity contribution in [2.24, 2.45) is 0 Å². The first-order valence-corrected chi connectivity index (χ1v) is 14.2. The summed E-state index contributed by atoms with van der Waals surface area (Å²) < 4.78 is 40.6. The average molecular weight is 555 g/mol. The van der Waals surface area contributed by atoms with Crippen LogP contribution in [0.1, 0.15) is 18.7 Å². The normalized spacial score (nSPS) is 15.9. The molecule has 0 aliphatic carbocycles. The number of methoxy groups -OCH3 is 2. The van der Waals surface area contributed by atoms with Crippen LogP contribution in [-0.4, -0.2) is 65.7 Å².